The first-order valence-corrected chi connectivity index (χ1v) is 8.58. The number of ether oxygens (including phenoxy) is 2. The summed E-state index contributed by atoms with van der Waals surface area (Å²) < 4.78 is 15.6. The molecule has 0 saturated heterocycles. The molecule has 1 aromatic carbocycles. The number of aryl methyl sites for hydroxylation is 1. The lowest BCUT2D eigenvalue weighted by atomic mass is 9.98. The second kappa shape index (κ2) is 9.08. The Morgan fingerprint density at radius 1 is 1.15 bits per heavy atom. The number of amides is 1. The number of carbonyl (C=O) groups is 2. The second-order valence-electron chi connectivity index (χ2n) is 6.43. The molecule has 1 atom stereocenters. The van der Waals surface area contributed by atoms with E-state index in [2.05, 4.69) is 19.2 Å². The van der Waals surface area contributed by atoms with E-state index >= 15 is 0 Å². The average molecular weight is 359 g/mol. The summed E-state index contributed by atoms with van der Waals surface area (Å²) in [4.78, 5) is 23.6. The van der Waals surface area contributed by atoms with Crippen molar-refractivity contribution in [3.05, 3.63) is 53.5 Å². The predicted molar refractivity (Wildman–Crippen MR) is 97.0 cm³/mol. The zero-order chi connectivity index (χ0) is 19.1. The fraction of sp³-hybridized carbons (Fsp3) is 0.400. The van der Waals surface area contributed by atoms with Crippen molar-refractivity contribution in [3.63, 3.8) is 0 Å². The van der Waals surface area contributed by atoms with Gasteiger partial charge in [-0.3, -0.25) is 4.79 Å². The number of nitrogens with one attached hydrogen (secondary N) is 1. The Balaban J connectivity index is 1.73. The van der Waals surface area contributed by atoms with Crippen molar-refractivity contribution >= 4 is 11.9 Å². The van der Waals surface area contributed by atoms with Crippen LogP contribution in [-0.4, -0.2) is 25.1 Å². The lowest BCUT2D eigenvalue weighted by Gasteiger charge is -2.13. The van der Waals surface area contributed by atoms with E-state index in [1.807, 2.05) is 25.1 Å². The Morgan fingerprint density at radius 2 is 1.92 bits per heavy atom. The topological polar surface area (TPSA) is 77.8 Å². The maximum absolute atomic E-state index is 11.8. The van der Waals surface area contributed by atoms with Crippen molar-refractivity contribution in [1.82, 2.24) is 5.32 Å². The summed E-state index contributed by atoms with van der Waals surface area (Å²) in [7, 11) is 0. The van der Waals surface area contributed by atoms with E-state index in [9.17, 15) is 9.59 Å². The molecule has 26 heavy (non-hydrogen) atoms. The van der Waals surface area contributed by atoms with Gasteiger partial charge in [-0.1, -0.05) is 19.9 Å². The molecule has 0 spiro atoms. The van der Waals surface area contributed by atoms with Crippen LogP contribution in [0.1, 0.15) is 49.6 Å². The van der Waals surface area contributed by atoms with E-state index in [4.69, 9.17) is 13.9 Å². The van der Waals surface area contributed by atoms with Crippen LogP contribution in [-0.2, 0) is 14.3 Å². The summed E-state index contributed by atoms with van der Waals surface area (Å²) in [6, 6.07) is 8.91. The molecule has 0 unspecified atom stereocenters. The molecule has 0 bridgehead atoms. The molecular weight excluding hydrogens is 334 g/mol. The van der Waals surface area contributed by atoms with Gasteiger partial charge < -0.3 is 19.2 Å². The van der Waals surface area contributed by atoms with Gasteiger partial charge in [-0.05, 0) is 55.2 Å². The molecule has 0 fully saturated rings. The molecule has 0 saturated carbocycles. The van der Waals surface area contributed by atoms with Crippen molar-refractivity contribution in [1.29, 1.82) is 0 Å². The minimum atomic E-state index is -0.601. The number of rotatable bonds is 8. The minimum Gasteiger partial charge on any atom is -0.482 e. The molecule has 2 rings (SSSR count). The normalized spacial score (nSPS) is 11.9. The van der Waals surface area contributed by atoms with Crippen LogP contribution in [0.3, 0.4) is 0 Å². The van der Waals surface area contributed by atoms with Gasteiger partial charge in [0.2, 0.25) is 0 Å². The first-order chi connectivity index (χ1) is 12.4. The van der Waals surface area contributed by atoms with Crippen LogP contribution in [0.5, 0.6) is 5.75 Å². The number of carbonyl (C=O) groups excluding carboxylic acids is 2. The molecular formula is C20H25NO5. The van der Waals surface area contributed by atoms with Crippen LogP contribution in [0.4, 0.5) is 0 Å². The van der Waals surface area contributed by atoms with Gasteiger partial charge in [-0.15, -0.1) is 0 Å². The third-order valence-electron chi connectivity index (χ3n) is 3.93. The van der Waals surface area contributed by atoms with Crippen molar-refractivity contribution in [2.75, 3.05) is 13.2 Å². The minimum absolute atomic E-state index is 0.249. The highest BCUT2D eigenvalue weighted by molar-refractivity contribution is 5.81. The molecule has 6 nitrogen and oxygen atoms in total. The maximum Gasteiger partial charge on any atom is 0.344 e. The van der Waals surface area contributed by atoms with Crippen LogP contribution in [0.25, 0.3) is 0 Å². The SMILES string of the molecule is Cc1cc(OCC(=O)OCC(=O)N[C@H](C)c2ccco2)ccc1C(C)C. The Bertz CT molecular complexity index is 737. The summed E-state index contributed by atoms with van der Waals surface area (Å²) >= 11 is 0. The number of benzene rings is 1. The standard InChI is InChI=1S/C20H25NO5/c1-13(2)17-8-7-16(10-14(17)3)25-12-20(23)26-11-19(22)21-15(4)18-6-5-9-24-18/h5-10,13,15H,11-12H2,1-4H3,(H,21,22)/t15-/m1/s1. The molecule has 0 radical (unpaired) electrons. The Kier molecular flexibility index (Phi) is 6.83. The highest BCUT2D eigenvalue weighted by Crippen LogP contribution is 2.23. The first-order valence-electron chi connectivity index (χ1n) is 8.58. The molecule has 1 amide bonds. The molecule has 0 aliphatic carbocycles. The van der Waals surface area contributed by atoms with E-state index in [0.29, 0.717) is 17.4 Å². The second-order valence-corrected chi connectivity index (χ2v) is 6.43. The quantitative estimate of drug-likeness (QED) is 0.730. The van der Waals surface area contributed by atoms with Crippen LogP contribution in [0, 0.1) is 6.92 Å². The zero-order valence-corrected chi connectivity index (χ0v) is 15.6. The number of furan rings is 1. The lowest BCUT2D eigenvalue weighted by Crippen LogP contribution is -2.31. The van der Waals surface area contributed by atoms with Crippen molar-refractivity contribution in [3.8, 4) is 5.75 Å². The fourth-order valence-corrected chi connectivity index (χ4v) is 2.61. The molecule has 1 aromatic heterocycles. The third-order valence-corrected chi connectivity index (χ3v) is 3.93. The summed E-state index contributed by atoms with van der Waals surface area (Å²) in [5.41, 5.74) is 2.35. The third kappa shape index (κ3) is 5.65. The Hall–Kier alpha value is -2.76. The smallest absolute Gasteiger partial charge is 0.344 e. The summed E-state index contributed by atoms with van der Waals surface area (Å²) in [6.45, 7) is 7.42. The van der Waals surface area contributed by atoms with Gasteiger partial charge in [0, 0.05) is 0 Å². The van der Waals surface area contributed by atoms with Gasteiger partial charge in [0.05, 0.1) is 12.3 Å². The highest BCUT2D eigenvalue weighted by atomic mass is 16.6. The average Bonchev–Trinajstić information content (AvgIpc) is 3.12. The van der Waals surface area contributed by atoms with Gasteiger partial charge in [0.1, 0.15) is 11.5 Å². The van der Waals surface area contributed by atoms with Crippen LogP contribution in [0.2, 0.25) is 0 Å². The summed E-state index contributed by atoms with van der Waals surface area (Å²) in [5.74, 6) is 0.653. The summed E-state index contributed by atoms with van der Waals surface area (Å²) in [5, 5.41) is 2.68. The zero-order valence-electron chi connectivity index (χ0n) is 15.6. The van der Waals surface area contributed by atoms with E-state index in [0.717, 1.165) is 5.56 Å². The van der Waals surface area contributed by atoms with E-state index < -0.39 is 11.9 Å². The number of hydrogen-bond donors (Lipinski definition) is 1. The largest absolute Gasteiger partial charge is 0.482 e. The lowest BCUT2D eigenvalue weighted by molar-refractivity contribution is -0.150. The Morgan fingerprint density at radius 3 is 2.54 bits per heavy atom. The first kappa shape index (κ1) is 19.6. The van der Waals surface area contributed by atoms with Gasteiger partial charge in [-0.25, -0.2) is 4.79 Å². The van der Waals surface area contributed by atoms with Gasteiger partial charge in [-0.2, -0.15) is 0 Å². The number of esters is 1. The molecule has 2 aromatic rings. The fourth-order valence-electron chi connectivity index (χ4n) is 2.61. The van der Waals surface area contributed by atoms with E-state index in [1.165, 1.54) is 11.8 Å². The number of hydrogen-bond acceptors (Lipinski definition) is 5. The van der Waals surface area contributed by atoms with Crippen LogP contribution >= 0.6 is 0 Å². The molecule has 0 aliphatic rings. The van der Waals surface area contributed by atoms with Crippen LogP contribution in [0.15, 0.2) is 41.0 Å². The summed E-state index contributed by atoms with van der Waals surface area (Å²) in [6.07, 6.45) is 1.53. The molecule has 1 N–H and O–H groups in total. The maximum atomic E-state index is 11.8. The van der Waals surface area contributed by atoms with Crippen LogP contribution < -0.4 is 10.1 Å². The Labute approximate surface area is 153 Å². The molecule has 0 aliphatic heterocycles. The van der Waals surface area contributed by atoms with Crippen molar-refractivity contribution in [2.45, 2.75) is 39.7 Å². The van der Waals surface area contributed by atoms with Gasteiger partial charge in [0.25, 0.3) is 5.91 Å². The van der Waals surface area contributed by atoms with E-state index in [-0.39, 0.29) is 19.3 Å². The van der Waals surface area contributed by atoms with Gasteiger partial charge >= 0.3 is 5.97 Å². The highest BCUT2D eigenvalue weighted by Gasteiger charge is 2.14. The monoisotopic (exact) mass is 359 g/mol. The van der Waals surface area contributed by atoms with Gasteiger partial charge in [0.15, 0.2) is 13.2 Å². The van der Waals surface area contributed by atoms with E-state index in [1.54, 1.807) is 19.1 Å². The predicted octanol–water partition coefficient (Wildman–Crippen LogP) is 3.51. The molecule has 6 heteroatoms. The molecule has 140 valence electrons. The van der Waals surface area contributed by atoms with Crippen molar-refractivity contribution in [2.24, 2.45) is 0 Å². The molecule has 1 heterocycles. The van der Waals surface area contributed by atoms with Crippen molar-refractivity contribution < 1.29 is 23.5 Å².